The van der Waals surface area contributed by atoms with Gasteiger partial charge < -0.3 is 10.2 Å². The molecule has 0 bridgehead atoms. The van der Waals surface area contributed by atoms with Crippen LogP contribution in [-0.2, 0) is 6.54 Å². The molecule has 2 rings (SSSR count). The highest BCUT2D eigenvalue weighted by atomic mass is 35.5. The Hall–Kier alpha value is -0.730. The molecule has 19 heavy (non-hydrogen) atoms. The fraction of sp³-hybridized carbons (Fsp3) is 0.625. The predicted octanol–water partition coefficient (Wildman–Crippen LogP) is 4.07. The third-order valence-electron chi connectivity index (χ3n) is 3.84. The zero-order valence-corrected chi connectivity index (χ0v) is 13.2. The van der Waals surface area contributed by atoms with E-state index in [-0.39, 0.29) is 0 Å². The van der Waals surface area contributed by atoms with Crippen LogP contribution >= 0.6 is 11.6 Å². The van der Waals surface area contributed by atoms with Crippen LogP contribution in [0.5, 0.6) is 0 Å². The summed E-state index contributed by atoms with van der Waals surface area (Å²) in [5.41, 5.74) is 2.65. The van der Waals surface area contributed by atoms with Crippen LogP contribution in [0.1, 0.15) is 39.7 Å². The van der Waals surface area contributed by atoms with Crippen molar-refractivity contribution in [2.45, 2.75) is 52.7 Å². The highest BCUT2D eigenvalue weighted by Gasteiger charge is 2.27. The van der Waals surface area contributed by atoms with Gasteiger partial charge in [-0.05, 0) is 37.0 Å². The second kappa shape index (κ2) is 6.15. The molecular weight excluding hydrogens is 256 g/mol. The van der Waals surface area contributed by atoms with E-state index in [1.807, 2.05) is 6.07 Å². The normalized spacial score (nSPS) is 23.4. The van der Waals surface area contributed by atoms with Crippen molar-refractivity contribution >= 4 is 17.3 Å². The number of anilines is 1. The molecule has 1 fully saturated rings. The minimum absolute atomic E-state index is 0.499. The first-order valence-electron chi connectivity index (χ1n) is 7.25. The molecule has 1 aliphatic rings. The molecule has 0 amide bonds. The van der Waals surface area contributed by atoms with Crippen LogP contribution < -0.4 is 10.2 Å². The van der Waals surface area contributed by atoms with Crippen LogP contribution in [0.4, 0.5) is 5.69 Å². The van der Waals surface area contributed by atoms with Gasteiger partial charge in [0.2, 0.25) is 0 Å². The van der Waals surface area contributed by atoms with E-state index in [1.165, 1.54) is 17.7 Å². The van der Waals surface area contributed by atoms with Gasteiger partial charge in [-0.25, -0.2) is 0 Å². The molecule has 1 N–H and O–H groups in total. The number of halogens is 1. The van der Waals surface area contributed by atoms with E-state index in [0.29, 0.717) is 12.1 Å². The van der Waals surface area contributed by atoms with Gasteiger partial charge in [0.25, 0.3) is 0 Å². The van der Waals surface area contributed by atoms with Crippen LogP contribution in [0.25, 0.3) is 0 Å². The summed E-state index contributed by atoms with van der Waals surface area (Å²) in [6.07, 6.45) is 1.27. The number of benzene rings is 1. The van der Waals surface area contributed by atoms with Gasteiger partial charge >= 0.3 is 0 Å². The molecule has 2 nitrogen and oxygen atoms in total. The van der Waals surface area contributed by atoms with E-state index in [9.17, 15) is 0 Å². The van der Waals surface area contributed by atoms with Crippen molar-refractivity contribution in [3.8, 4) is 0 Å². The largest absolute Gasteiger partial charge is 0.368 e. The third-order valence-corrected chi connectivity index (χ3v) is 4.08. The topological polar surface area (TPSA) is 15.3 Å². The lowest BCUT2D eigenvalue weighted by Gasteiger charge is -2.27. The molecule has 1 saturated heterocycles. The van der Waals surface area contributed by atoms with Crippen molar-refractivity contribution in [2.75, 3.05) is 11.4 Å². The van der Waals surface area contributed by atoms with Crippen molar-refractivity contribution in [1.82, 2.24) is 5.32 Å². The highest BCUT2D eigenvalue weighted by Crippen LogP contribution is 2.33. The van der Waals surface area contributed by atoms with Crippen LogP contribution in [0.2, 0.25) is 5.02 Å². The van der Waals surface area contributed by atoms with E-state index in [4.69, 9.17) is 11.6 Å². The zero-order chi connectivity index (χ0) is 14.0. The summed E-state index contributed by atoms with van der Waals surface area (Å²) in [5, 5.41) is 4.33. The van der Waals surface area contributed by atoms with Gasteiger partial charge in [-0.2, -0.15) is 0 Å². The fourth-order valence-corrected chi connectivity index (χ4v) is 3.07. The first kappa shape index (κ1) is 14.7. The van der Waals surface area contributed by atoms with Gasteiger partial charge in [0, 0.05) is 35.9 Å². The van der Waals surface area contributed by atoms with Gasteiger partial charge in [0.15, 0.2) is 0 Å². The van der Waals surface area contributed by atoms with Crippen LogP contribution in [0.3, 0.4) is 0 Å². The summed E-state index contributed by atoms with van der Waals surface area (Å²) in [6, 6.07) is 7.37. The summed E-state index contributed by atoms with van der Waals surface area (Å²) < 4.78 is 0. The maximum absolute atomic E-state index is 6.19. The molecule has 0 radical (unpaired) electrons. The minimum atomic E-state index is 0.499. The molecule has 2 unspecified atom stereocenters. The molecule has 0 spiro atoms. The minimum Gasteiger partial charge on any atom is -0.368 e. The molecule has 1 aliphatic heterocycles. The zero-order valence-electron chi connectivity index (χ0n) is 12.4. The molecule has 106 valence electrons. The molecule has 0 aromatic heterocycles. The van der Waals surface area contributed by atoms with E-state index >= 15 is 0 Å². The second-order valence-corrected chi connectivity index (χ2v) is 6.59. The maximum atomic E-state index is 6.19. The van der Waals surface area contributed by atoms with Crippen molar-refractivity contribution < 1.29 is 0 Å². The Bertz CT molecular complexity index is 431. The van der Waals surface area contributed by atoms with E-state index in [1.54, 1.807) is 0 Å². The van der Waals surface area contributed by atoms with Crippen molar-refractivity contribution in [3.63, 3.8) is 0 Å². The SMILES string of the molecule is CC1CC(C)N(c2cc(Cl)ccc2CNC(C)C)C1. The van der Waals surface area contributed by atoms with E-state index in [2.05, 4.69) is 50.0 Å². The third kappa shape index (κ3) is 3.64. The summed E-state index contributed by atoms with van der Waals surface area (Å²) >= 11 is 6.19. The van der Waals surface area contributed by atoms with E-state index < -0.39 is 0 Å². The molecule has 1 heterocycles. The van der Waals surface area contributed by atoms with Gasteiger partial charge in [0.05, 0.1) is 0 Å². The molecule has 3 heteroatoms. The van der Waals surface area contributed by atoms with Crippen molar-refractivity contribution in [3.05, 3.63) is 28.8 Å². The Labute approximate surface area is 122 Å². The molecule has 0 aliphatic carbocycles. The first-order chi connectivity index (χ1) is 8.97. The van der Waals surface area contributed by atoms with Crippen LogP contribution in [-0.4, -0.2) is 18.6 Å². The number of rotatable bonds is 4. The van der Waals surface area contributed by atoms with Crippen molar-refractivity contribution in [2.24, 2.45) is 5.92 Å². The number of hydrogen-bond donors (Lipinski definition) is 1. The van der Waals surface area contributed by atoms with Crippen molar-refractivity contribution in [1.29, 1.82) is 0 Å². The lowest BCUT2D eigenvalue weighted by Crippen LogP contribution is -2.29. The average Bonchev–Trinajstić information content (AvgIpc) is 2.66. The Morgan fingerprint density at radius 3 is 2.68 bits per heavy atom. The first-order valence-corrected chi connectivity index (χ1v) is 7.63. The average molecular weight is 281 g/mol. The monoisotopic (exact) mass is 280 g/mol. The van der Waals surface area contributed by atoms with Gasteiger partial charge in [-0.1, -0.05) is 38.4 Å². The van der Waals surface area contributed by atoms with Gasteiger partial charge in [0.1, 0.15) is 0 Å². The quantitative estimate of drug-likeness (QED) is 0.894. The standard InChI is InChI=1S/C16H25ClN2/c1-11(2)18-9-14-5-6-15(17)8-16(14)19-10-12(3)7-13(19)4/h5-6,8,11-13,18H,7,9-10H2,1-4H3. The fourth-order valence-electron chi connectivity index (χ4n) is 2.90. The Morgan fingerprint density at radius 1 is 1.37 bits per heavy atom. The second-order valence-electron chi connectivity index (χ2n) is 6.15. The summed E-state index contributed by atoms with van der Waals surface area (Å²) in [5.74, 6) is 0.764. The summed E-state index contributed by atoms with van der Waals surface area (Å²) in [6.45, 7) is 11.0. The molecule has 0 saturated carbocycles. The Kier molecular flexibility index (Phi) is 4.75. The molecule has 1 aromatic carbocycles. The highest BCUT2D eigenvalue weighted by molar-refractivity contribution is 6.30. The maximum Gasteiger partial charge on any atom is 0.0429 e. The predicted molar refractivity (Wildman–Crippen MR) is 84.0 cm³/mol. The summed E-state index contributed by atoms with van der Waals surface area (Å²) in [4.78, 5) is 2.51. The number of nitrogens with one attached hydrogen (secondary N) is 1. The van der Waals surface area contributed by atoms with Gasteiger partial charge in [-0.3, -0.25) is 0 Å². The van der Waals surface area contributed by atoms with Gasteiger partial charge in [-0.15, -0.1) is 0 Å². The lowest BCUT2D eigenvalue weighted by atomic mass is 10.1. The smallest absolute Gasteiger partial charge is 0.0429 e. The van der Waals surface area contributed by atoms with Crippen LogP contribution in [0, 0.1) is 5.92 Å². The number of nitrogens with zero attached hydrogens (tertiary/aromatic N) is 1. The number of hydrogen-bond acceptors (Lipinski definition) is 2. The Balaban J connectivity index is 2.24. The molecule has 1 aromatic rings. The Morgan fingerprint density at radius 2 is 2.11 bits per heavy atom. The lowest BCUT2D eigenvalue weighted by molar-refractivity contribution is 0.587. The summed E-state index contributed by atoms with van der Waals surface area (Å²) in [7, 11) is 0. The molecular formula is C16H25ClN2. The van der Waals surface area contributed by atoms with Crippen LogP contribution in [0.15, 0.2) is 18.2 Å². The van der Waals surface area contributed by atoms with E-state index in [0.717, 1.165) is 24.0 Å². The molecule has 2 atom stereocenters.